The number of carbonyl (C=O) groups excluding carboxylic acids is 5. The van der Waals surface area contributed by atoms with Crippen LogP contribution in [0.15, 0.2) is 42.5 Å². The highest BCUT2D eigenvalue weighted by Crippen LogP contribution is 2.32. The molecule has 1 fully saturated rings. The normalized spacial score (nSPS) is 17.4. The van der Waals surface area contributed by atoms with Crippen LogP contribution >= 0.6 is 0 Å². The number of benzene rings is 2. The molecule has 1 saturated heterocycles. The second kappa shape index (κ2) is 9.74. The van der Waals surface area contributed by atoms with Crippen LogP contribution in [0.1, 0.15) is 52.8 Å². The monoisotopic (exact) mass is 463 g/mol. The molecule has 34 heavy (non-hydrogen) atoms. The first-order chi connectivity index (χ1) is 16.4. The Morgan fingerprint density at radius 1 is 1.00 bits per heavy atom. The zero-order valence-corrected chi connectivity index (χ0v) is 18.4. The van der Waals surface area contributed by atoms with Crippen LogP contribution in [0, 0.1) is 0 Å². The lowest BCUT2D eigenvalue weighted by molar-refractivity contribution is -0.136. The maximum absolute atomic E-state index is 13.1. The van der Waals surface area contributed by atoms with Crippen molar-refractivity contribution >= 4 is 46.6 Å². The molecule has 0 bridgehead atoms. The lowest BCUT2D eigenvalue weighted by Gasteiger charge is -2.27. The SMILES string of the molecule is Nc1ccccc1NC(=O)CCCCNc1cccc2c1C(=O)N(C1CCC(=O)NC1=O)C2=O. The summed E-state index contributed by atoms with van der Waals surface area (Å²) in [5.74, 6) is -2.30. The number of piperidine rings is 1. The van der Waals surface area contributed by atoms with Gasteiger partial charge in [0.2, 0.25) is 17.7 Å². The zero-order valence-electron chi connectivity index (χ0n) is 18.4. The summed E-state index contributed by atoms with van der Waals surface area (Å²) < 4.78 is 0. The number of para-hydroxylation sites is 2. The molecular formula is C24H25N5O5. The van der Waals surface area contributed by atoms with E-state index in [1.165, 1.54) is 0 Å². The van der Waals surface area contributed by atoms with Gasteiger partial charge in [0.05, 0.1) is 22.5 Å². The first-order valence-electron chi connectivity index (χ1n) is 11.1. The Labute approximate surface area is 195 Å². The minimum Gasteiger partial charge on any atom is -0.397 e. The first-order valence-corrected chi connectivity index (χ1v) is 11.1. The molecular weight excluding hydrogens is 438 g/mol. The molecule has 2 aliphatic rings. The minimum absolute atomic E-state index is 0.0688. The van der Waals surface area contributed by atoms with Gasteiger partial charge in [-0.1, -0.05) is 18.2 Å². The maximum Gasteiger partial charge on any atom is 0.264 e. The van der Waals surface area contributed by atoms with E-state index in [-0.39, 0.29) is 29.9 Å². The predicted molar refractivity (Wildman–Crippen MR) is 125 cm³/mol. The number of nitrogen functional groups attached to an aromatic ring is 1. The average molecular weight is 463 g/mol. The Morgan fingerprint density at radius 2 is 1.76 bits per heavy atom. The van der Waals surface area contributed by atoms with Crippen LogP contribution in [0.5, 0.6) is 0 Å². The molecule has 10 nitrogen and oxygen atoms in total. The van der Waals surface area contributed by atoms with E-state index in [9.17, 15) is 24.0 Å². The van der Waals surface area contributed by atoms with Crippen LogP contribution in [-0.2, 0) is 14.4 Å². The van der Waals surface area contributed by atoms with Gasteiger partial charge in [0.1, 0.15) is 6.04 Å². The summed E-state index contributed by atoms with van der Waals surface area (Å²) >= 11 is 0. The molecule has 1 atom stereocenters. The van der Waals surface area contributed by atoms with E-state index in [2.05, 4.69) is 16.0 Å². The molecule has 5 N–H and O–H groups in total. The van der Waals surface area contributed by atoms with E-state index in [4.69, 9.17) is 5.73 Å². The quantitative estimate of drug-likeness (QED) is 0.265. The van der Waals surface area contributed by atoms with Crippen LogP contribution < -0.4 is 21.7 Å². The summed E-state index contributed by atoms with van der Waals surface area (Å²) in [7, 11) is 0. The number of hydrogen-bond donors (Lipinski definition) is 4. The van der Waals surface area contributed by atoms with Crippen LogP contribution in [0.4, 0.5) is 17.1 Å². The molecule has 0 aromatic heterocycles. The van der Waals surface area contributed by atoms with Crippen molar-refractivity contribution < 1.29 is 24.0 Å². The summed E-state index contributed by atoms with van der Waals surface area (Å²) in [6.45, 7) is 0.483. The molecule has 0 radical (unpaired) electrons. The Balaban J connectivity index is 1.32. The largest absolute Gasteiger partial charge is 0.397 e. The molecule has 2 heterocycles. The van der Waals surface area contributed by atoms with E-state index in [0.29, 0.717) is 42.9 Å². The van der Waals surface area contributed by atoms with Crippen molar-refractivity contribution in [3.8, 4) is 0 Å². The highest BCUT2D eigenvalue weighted by Gasteiger charge is 2.45. The van der Waals surface area contributed by atoms with E-state index >= 15 is 0 Å². The number of hydrogen-bond acceptors (Lipinski definition) is 7. The number of imide groups is 2. The summed E-state index contributed by atoms with van der Waals surface area (Å²) in [5, 5.41) is 8.13. The van der Waals surface area contributed by atoms with Gasteiger partial charge < -0.3 is 16.4 Å². The van der Waals surface area contributed by atoms with Crippen molar-refractivity contribution in [3.05, 3.63) is 53.6 Å². The number of fused-ring (bicyclic) bond motifs is 1. The van der Waals surface area contributed by atoms with Gasteiger partial charge in [-0.05, 0) is 43.5 Å². The van der Waals surface area contributed by atoms with Gasteiger partial charge in [0.25, 0.3) is 11.8 Å². The molecule has 5 amide bonds. The first kappa shape index (κ1) is 23.0. The fourth-order valence-corrected chi connectivity index (χ4v) is 4.12. The zero-order chi connectivity index (χ0) is 24.2. The molecule has 0 spiro atoms. The average Bonchev–Trinajstić information content (AvgIpc) is 3.06. The van der Waals surface area contributed by atoms with Gasteiger partial charge in [-0.2, -0.15) is 0 Å². The van der Waals surface area contributed by atoms with E-state index < -0.39 is 29.7 Å². The lowest BCUT2D eigenvalue weighted by Crippen LogP contribution is -2.54. The van der Waals surface area contributed by atoms with Crippen molar-refractivity contribution in [3.63, 3.8) is 0 Å². The Bertz CT molecular complexity index is 1180. The molecule has 10 heteroatoms. The van der Waals surface area contributed by atoms with Gasteiger partial charge in [-0.15, -0.1) is 0 Å². The number of nitrogens with zero attached hydrogens (tertiary/aromatic N) is 1. The van der Waals surface area contributed by atoms with Gasteiger partial charge >= 0.3 is 0 Å². The van der Waals surface area contributed by atoms with Gasteiger partial charge in [0.15, 0.2) is 0 Å². The van der Waals surface area contributed by atoms with Crippen molar-refractivity contribution in [2.75, 3.05) is 22.9 Å². The fourth-order valence-electron chi connectivity index (χ4n) is 4.12. The molecule has 176 valence electrons. The topological polar surface area (TPSA) is 151 Å². The Hall–Kier alpha value is -4.21. The van der Waals surface area contributed by atoms with Crippen molar-refractivity contribution in [1.82, 2.24) is 10.2 Å². The van der Waals surface area contributed by atoms with Crippen LogP contribution in [-0.4, -0.2) is 47.0 Å². The highest BCUT2D eigenvalue weighted by molar-refractivity contribution is 6.25. The van der Waals surface area contributed by atoms with Crippen LogP contribution in [0.2, 0.25) is 0 Å². The van der Waals surface area contributed by atoms with E-state index in [1.54, 1.807) is 42.5 Å². The molecule has 1 unspecified atom stereocenters. The number of anilines is 3. The van der Waals surface area contributed by atoms with Gasteiger partial charge in [0, 0.05) is 25.1 Å². The Morgan fingerprint density at radius 3 is 2.53 bits per heavy atom. The predicted octanol–water partition coefficient (Wildman–Crippen LogP) is 1.89. The minimum atomic E-state index is -1.00. The molecule has 2 aromatic rings. The highest BCUT2D eigenvalue weighted by atomic mass is 16.2. The second-order valence-corrected chi connectivity index (χ2v) is 8.19. The molecule has 0 aliphatic carbocycles. The summed E-state index contributed by atoms with van der Waals surface area (Å²) in [6, 6.07) is 10.9. The summed E-state index contributed by atoms with van der Waals surface area (Å²) in [4.78, 5) is 62.7. The number of nitrogens with two attached hydrogens (primary N) is 1. The summed E-state index contributed by atoms with van der Waals surface area (Å²) in [6.07, 6.45) is 1.74. The number of amides is 5. The summed E-state index contributed by atoms with van der Waals surface area (Å²) in [5.41, 5.74) is 7.84. The van der Waals surface area contributed by atoms with E-state index in [0.717, 1.165) is 4.90 Å². The standard InChI is InChI=1S/C24H25N5O5/c25-15-7-1-2-8-16(15)27-19(30)10-3-4-13-26-17-9-5-6-14-21(17)24(34)29(23(14)33)18-11-12-20(31)28-22(18)32/h1-2,5-9,18,26H,3-4,10-13,25H2,(H,27,30)(H,28,31,32). The van der Waals surface area contributed by atoms with Crippen LogP contribution in [0.25, 0.3) is 0 Å². The lowest BCUT2D eigenvalue weighted by atomic mass is 10.0. The van der Waals surface area contributed by atoms with Crippen LogP contribution in [0.3, 0.4) is 0 Å². The van der Waals surface area contributed by atoms with Crippen molar-refractivity contribution in [2.24, 2.45) is 0 Å². The number of unbranched alkanes of at least 4 members (excludes halogenated alkanes) is 1. The van der Waals surface area contributed by atoms with E-state index in [1.807, 2.05) is 0 Å². The third kappa shape index (κ3) is 4.61. The number of nitrogens with one attached hydrogen (secondary N) is 3. The second-order valence-electron chi connectivity index (χ2n) is 8.19. The smallest absolute Gasteiger partial charge is 0.264 e. The molecule has 4 rings (SSSR count). The number of rotatable bonds is 8. The van der Waals surface area contributed by atoms with Gasteiger partial charge in [-0.3, -0.25) is 34.2 Å². The Kier molecular flexibility index (Phi) is 6.58. The van der Waals surface area contributed by atoms with Gasteiger partial charge in [-0.25, -0.2) is 0 Å². The van der Waals surface area contributed by atoms with Crippen molar-refractivity contribution in [2.45, 2.75) is 38.1 Å². The van der Waals surface area contributed by atoms with Crippen molar-refractivity contribution in [1.29, 1.82) is 0 Å². The third-order valence-corrected chi connectivity index (χ3v) is 5.85. The molecule has 2 aromatic carbocycles. The third-order valence-electron chi connectivity index (χ3n) is 5.85. The molecule has 2 aliphatic heterocycles. The maximum atomic E-state index is 13.1. The molecule has 0 saturated carbocycles. The number of carbonyl (C=O) groups is 5. The fraction of sp³-hybridized carbons (Fsp3) is 0.292.